The Hall–Kier alpha value is -2.52. The molecule has 3 rings (SSSR count). The molecule has 0 fully saturated rings. The van der Waals surface area contributed by atoms with Gasteiger partial charge in [0.05, 0.1) is 22.2 Å². The van der Waals surface area contributed by atoms with Crippen molar-refractivity contribution in [2.45, 2.75) is 29.2 Å². The summed E-state index contributed by atoms with van der Waals surface area (Å²) in [4.78, 5) is 14.0. The number of rotatable bonds is 10. The van der Waals surface area contributed by atoms with Gasteiger partial charge in [-0.1, -0.05) is 54.1 Å². The summed E-state index contributed by atoms with van der Waals surface area (Å²) in [5.74, 6) is -0.0636. The highest BCUT2D eigenvalue weighted by Gasteiger charge is 2.27. The van der Waals surface area contributed by atoms with E-state index in [0.29, 0.717) is 18.0 Å². The van der Waals surface area contributed by atoms with Crippen molar-refractivity contribution in [2.24, 2.45) is 0 Å². The number of sulfonamides is 1. The number of carbonyl (C=O) groups is 1. The lowest BCUT2D eigenvalue weighted by molar-refractivity contribution is -0.117. The number of benzene rings is 3. The second kappa shape index (κ2) is 11.6. The van der Waals surface area contributed by atoms with Gasteiger partial charge in [0.25, 0.3) is 0 Å². The van der Waals surface area contributed by atoms with E-state index in [2.05, 4.69) is 10.0 Å². The van der Waals surface area contributed by atoms with E-state index in [9.17, 15) is 13.2 Å². The third-order valence-electron chi connectivity index (χ3n) is 4.77. The molecule has 0 bridgehead atoms. The van der Waals surface area contributed by atoms with E-state index in [1.807, 2.05) is 61.7 Å². The van der Waals surface area contributed by atoms with Gasteiger partial charge >= 0.3 is 0 Å². The second-order valence-electron chi connectivity index (χ2n) is 7.08. The first-order valence-corrected chi connectivity index (χ1v) is 13.3. The van der Waals surface area contributed by atoms with Crippen LogP contribution in [-0.2, 0) is 21.2 Å². The molecule has 9 heteroatoms. The standard InChI is InChI=1S/C24H25ClN2O4S2/c1-3-31-22-14-13-18(16-19(22)25)33(29,30)27-21(15-17-9-5-4-6-10-17)24(28)26-20-11-7-8-12-23(20)32-2/h4-14,16,21,27H,3,15H2,1-2H3,(H,26,28)/t21-/m1/s1. The van der Waals surface area contributed by atoms with Gasteiger partial charge in [0.1, 0.15) is 11.8 Å². The molecule has 0 unspecified atom stereocenters. The first kappa shape index (κ1) is 25.1. The topological polar surface area (TPSA) is 84.5 Å². The van der Waals surface area contributed by atoms with Crippen molar-refractivity contribution < 1.29 is 17.9 Å². The minimum atomic E-state index is -4.04. The van der Waals surface area contributed by atoms with E-state index in [0.717, 1.165) is 10.5 Å². The Morgan fingerprint density at radius 2 is 1.76 bits per heavy atom. The van der Waals surface area contributed by atoms with Gasteiger partial charge in [0.2, 0.25) is 15.9 Å². The molecule has 0 aliphatic rings. The van der Waals surface area contributed by atoms with E-state index in [-0.39, 0.29) is 16.3 Å². The van der Waals surface area contributed by atoms with Crippen LogP contribution in [0.3, 0.4) is 0 Å². The number of amides is 1. The van der Waals surface area contributed by atoms with Gasteiger partial charge in [-0.2, -0.15) is 4.72 Å². The highest BCUT2D eigenvalue weighted by Crippen LogP contribution is 2.28. The summed E-state index contributed by atoms with van der Waals surface area (Å²) < 4.78 is 34.2. The van der Waals surface area contributed by atoms with E-state index in [1.165, 1.54) is 30.0 Å². The maximum absolute atomic E-state index is 13.2. The fourth-order valence-electron chi connectivity index (χ4n) is 3.18. The van der Waals surface area contributed by atoms with Crippen LogP contribution in [-0.4, -0.2) is 33.2 Å². The van der Waals surface area contributed by atoms with Crippen molar-refractivity contribution >= 4 is 45.0 Å². The normalized spacial score (nSPS) is 12.2. The van der Waals surface area contributed by atoms with Gasteiger partial charge in [0.15, 0.2) is 0 Å². The average Bonchev–Trinajstić information content (AvgIpc) is 2.81. The predicted molar refractivity (Wildman–Crippen MR) is 134 cm³/mol. The van der Waals surface area contributed by atoms with Crippen LogP contribution in [0.1, 0.15) is 12.5 Å². The summed E-state index contributed by atoms with van der Waals surface area (Å²) in [5, 5.41) is 3.04. The summed E-state index contributed by atoms with van der Waals surface area (Å²) in [5.41, 5.74) is 1.44. The number of halogens is 1. The Balaban J connectivity index is 1.89. The highest BCUT2D eigenvalue weighted by atomic mass is 35.5. The zero-order valence-corrected chi connectivity index (χ0v) is 20.6. The number of thioether (sulfide) groups is 1. The van der Waals surface area contributed by atoms with Gasteiger partial charge in [-0.3, -0.25) is 4.79 Å². The molecule has 0 aromatic heterocycles. The SMILES string of the molecule is CCOc1ccc(S(=O)(=O)N[C@H](Cc2ccccc2)C(=O)Nc2ccccc2SC)cc1Cl. The van der Waals surface area contributed by atoms with Gasteiger partial charge < -0.3 is 10.1 Å². The summed E-state index contributed by atoms with van der Waals surface area (Å²) in [6, 6.07) is 19.8. The fourth-order valence-corrected chi connectivity index (χ4v) is 5.26. The Morgan fingerprint density at radius 3 is 2.42 bits per heavy atom. The fraction of sp³-hybridized carbons (Fsp3) is 0.208. The van der Waals surface area contributed by atoms with Gasteiger partial charge in [-0.25, -0.2) is 8.42 Å². The molecule has 1 atom stereocenters. The van der Waals surface area contributed by atoms with Crippen molar-refractivity contribution in [1.29, 1.82) is 0 Å². The van der Waals surface area contributed by atoms with Crippen molar-refractivity contribution in [2.75, 3.05) is 18.2 Å². The maximum atomic E-state index is 13.2. The molecule has 3 aromatic carbocycles. The predicted octanol–water partition coefficient (Wildman–Crippen LogP) is 4.99. The molecule has 174 valence electrons. The third-order valence-corrected chi connectivity index (χ3v) is 7.34. The second-order valence-corrected chi connectivity index (χ2v) is 10.0. The van der Waals surface area contributed by atoms with Gasteiger partial charge in [-0.15, -0.1) is 11.8 Å². The smallest absolute Gasteiger partial charge is 0.242 e. The molecule has 0 spiro atoms. The summed E-state index contributed by atoms with van der Waals surface area (Å²) in [6.07, 6.45) is 2.09. The lowest BCUT2D eigenvalue weighted by Gasteiger charge is -2.20. The molecular formula is C24H25ClN2O4S2. The van der Waals surface area contributed by atoms with Crippen LogP contribution in [0, 0.1) is 0 Å². The lowest BCUT2D eigenvalue weighted by atomic mass is 10.1. The van der Waals surface area contributed by atoms with Crippen molar-refractivity contribution in [3.05, 3.63) is 83.4 Å². The molecule has 6 nitrogen and oxygen atoms in total. The van der Waals surface area contributed by atoms with Crippen LogP contribution in [0.15, 0.2) is 82.6 Å². The summed E-state index contributed by atoms with van der Waals surface area (Å²) in [6.45, 7) is 2.21. The van der Waals surface area contributed by atoms with Crippen molar-refractivity contribution in [1.82, 2.24) is 4.72 Å². The minimum Gasteiger partial charge on any atom is -0.492 e. The van der Waals surface area contributed by atoms with Crippen molar-refractivity contribution in [3.63, 3.8) is 0 Å². The Bertz CT molecular complexity index is 1200. The Labute approximate surface area is 203 Å². The van der Waals surface area contributed by atoms with Crippen LogP contribution in [0.2, 0.25) is 5.02 Å². The molecule has 0 heterocycles. The number of ether oxygens (including phenoxy) is 1. The largest absolute Gasteiger partial charge is 0.492 e. The average molecular weight is 505 g/mol. The quantitative estimate of drug-likeness (QED) is 0.380. The molecular weight excluding hydrogens is 480 g/mol. The van der Waals surface area contributed by atoms with Crippen LogP contribution < -0.4 is 14.8 Å². The van der Waals surface area contributed by atoms with Crippen LogP contribution in [0.25, 0.3) is 0 Å². The van der Waals surface area contributed by atoms with Crippen LogP contribution in [0.4, 0.5) is 5.69 Å². The van der Waals surface area contributed by atoms with Crippen molar-refractivity contribution in [3.8, 4) is 5.75 Å². The zero-order valence-electron chi connectivity index (χ0n) is 18.2. The van der Waals surface area contributed by atoms with E-state index < -0.39 is 22.0 Å². The Kier molecular flexibility index (Phi) is 8.80. The van der Waals surface area contributed by atoms with Gasteiger partial charge in [0, 0.05) is 4.90 Å². The molecule has 3 aromatic rings. The summed E-state index contributed by atoms with van der Waals surface area (Å²) in [7, 11) is -4.04. The number of anilines is 1. The number of hydrogen-bond acceptors (Lipinski definition) is 5. The Morgan fingerprint density at radius 1 is 1.06 bits per heavy atom. The number of nitrogens with one attached hydrogen (secondary N) is 2. The zero-order chi connectivity index (χ0) is 23.8. The van der Waals surface area contributed by atoms with E-state index in [1.54, 1.807) is 6.07 Å². The first-order valence-electron chi connectivity index (χ1n) is 10.3. The van der Waals surface area contributed by atoms with Crippen LogP contribution >= 0.6 is 23.4 Å². The molecule has 2 N–H and O–H groups in total. The molecule has 0 aliphatic carbocycles. The number of hydrogen-bond donors (Lipinski definition) is 2. The first-order chi connectivity index (χ1) is 15.8. The minimum absolute atomic E-state index is 0.0497. The molecule has 0 saturated heterocycles. The maximum Gasteiger partial charge on any atom is 0.242 e. The lowest BCUT2D eigenvalue weighted by Crippen LogP contribution is -2.45. The number of para-hydroxylation sites is 1. The molecule has 33 heavy (non-hydrogen) atoms. The van der Waals surface area contributed by atoms with E-state index >= 15 is 0 Å². The van der Waals surface area contributed by atoms with E-state index in [4.69, 9.17) is 16.3 Å². The molecule has 0 aliphatic heterocycles. The highest BCUT2D eigenvalue weighted by molar-refractivity contribution is 7.98. The summed E-state index contributed by atoms with van der Waals surface area (Å²) >= 11 is 7.68. The molecule has 1 amide bonds. The van der Waals surface area contributed by atoms with Crippen LogP contribution in [0.5, 0.6) is 5.75 Å². The third kappa shape index (κ3) is 6.74. The van der Waals surface area contributed by atoms with Gasteiger partial charge in [-0.05, 0) is 55.5 Å². The number of carbonyl (C=O) groups excluding carboxylic acids is 1. The molecule has 0 saturated carbocycles. The molecule has 0 radical (unpaired) electrons. The monoisotopic (exact) mass is 504 g/mol.